The maximum absolute atomic E-state index is 11.2. The average molecular weight is 572 g/mol. The first-order valence-corrected chi connectivity index (χ1v) is 12.5. The van der Waals surface area contributed by atoms with Gasteiger partial charge in [0.1, 0.15) is 12.4 Å². The molecular weight excluding hydrogens is 551 g/mol. The van der Waals surface area contributed by atoms with Crippen molar-refractivity contribution in [3.05, 3.63) is 121 Å². The van der Waals surface area contributed by atoms with Crippen LogP contribution in [0.15, 0.2) is 88.5 Å². The van der Waals surface area contributed by atoms with Gasteiger partial charge in [0, 0.05) is 49.7 Å². The first kappa shape index (κ1) is 21.9. The van der Waals surface area contributed by atoms with E-state index in [-0.39, 0.29) is 10.6 Å². The second kappa shape index (κ2) is 8.53. The minimum absolute atomic E-state index is 0.0879. The molecule has 0 N–H and O–H groups in total. The number of rotatable bonds is 4. The second-order valence-electron chi connectivity index (χ2n) is 8.80. The fourth-order valence-electron chi connectivity index (χ4n) is 4.99. The molecule has 0 atom stereocenters. The van der Waals surface area contributed by atoms with Crippen molar-refractivity contribution in [1.29, 1.82) is 0 Å². The molecule has 5 nitrogen and oxygen atoms in total. The van der Waals surface area contributed by atoms with Gasteiger partial charge in [0.15, 0.2) is 0 Å². The molecule has 0 fully saturated rings. The lowest BCUT2D eigenvalue weighted by atomic mass is 9.91. The zero-order valence-electron chi connectivity index (χ0n) is 19.0. The van der Waals surface area contributed by atoms with Gasteiger partial charge in [-0.15, -0.1) is 0 Å². The Morgan fingerprint density at radius 3 is 2.46 bits per heavy atom. The van der Waals surface area contributed by atoms with E-state index in [9.17, 15) is 10.1 Å². The van der Waals surface area contributed by atoms with E-state index in [0.717, 1.165) is 43.5 Å². The highest BCUT2D eigenvalue weighted by molar-refractivity contribution is 14.1. The zero-order valence-corrected chi connectivity index (χ0v) is 21.2. The molecule has 6 heteroatoms. The van der Waals surface area contributed by atoms with Gasteiger partial charge < -0.3 is 9.30 Å². The summed E-state index contributed by atoms with van der Waals surface area (Å²) in [6, 6.07) is 28.1. The van der Waals surface area contributed by atoms with Crippen molar-refractivity contribution in [1.82, 2.24) is 4.57 Å². The van der Waals surface area contributed by atoms with Crippen molar-refractivity contribution in [2.24, 2.45) is 0 Å². The molecule has 4 aromatic carbocycles. The number of aryl methyl sites for hydroxylation is 1. The topological polar surface area (TPSA) is 57.3 Å². The number of ether oxygens (including phenoxy) is 1. The zero-order chi connectivity index (χ0) is 24.1. The fraction of sp³-hybridized carbons (Fsp3) is 0.103. The van der Waals surface area contributed by atoms with Gasteiger partial charge >= 0.3 is 0 Å². The number of halogens is 1. The van der Waals surface area contributed by atoms with Crippen molar-refractivity contribution in [3.8, 4) is 5.75 Å². The summed E-state index contributed by atoms with van der Waals surface area (Å²) in [6.07, 6.45) is 0. The van der Waals surface area contributed by atoms with Gasteiger partial charge in [0.25, 0.3) is 5.69 Å². The molecule has 0 aliphatic carbocycles. The van der Waals surface area contributed by atoms with Gasteiger partial charge in [-0.05, 0) is 77.0 Å². The Bertz CT molecular complexity index is 1650. The molecule has 1 aliphatic heterocycles. The van der Waals surface area contributed by atoms with E-state index in [1.165, 1.54) is 22.0 Å². The van der Waals surface area contributed by atoms with Crippen LogP contribution in [-0.4, -0.2) is 16.1 Å². The lowest BCUT2D eigenvalue weighted by Gasteiger charge is -2.23. The van der Waals surface area contributed by atoms with Crippen LogP contribution in [0, 0.1) is 17.0 Å². The standard InChI is InChI=1S/C29H21IN2O3/c1-18-7-12-24-22(15-18)28-25(31(24)16-19-5-3-2-4-6-19)13-14-26-29(28)27(23(30)17-35-26)20-8-10-21(11-9-20)32(33)34/h2-15H,16-17H2,1H3. The third-order valence-electron chi connectivity index (χ3n) is 6.57. The first-order chi connectivity index (χ1) is 17.0. The number of benzene rings is 4. The number of nitro benzene ring substituents is 1. The number of aromatic nitrogens is 1. The summed E-state index contributed by atoms with van der Waals surface area (Å²) in [5.74, 6) is 0.839. The number of nitro groups is 1. The van der Waals surface area contributed by atoms with Crippen molar-refractivity contribution in [2.45, 2.75) is 13.5 Å². The van der Waals surface area contributed by atoms with Crippen LogP contribution in [-0.2, 0) is 6.54 Å². The molecule has 6 rings (SSSR count). The van der Waals surface area contributed by atoms with Crippen LogP contribution >= 0.6 is 22.6 Å². The fourth-order valence-corrected chi connectivity index (χ4v) is 5.73. The van der Waals surface area contributed by atoms with Crippen LogP contribution in [0.5, 0.6) is 5.75 Å². The van der Waals surface area contributed by atoms with Gasteiger partial charge in [0.05, 0.1) is 10.4 Å². The molecule has 172 valence electrons. The third kappa shape index (κ3) is 3.69. The van der Waals surface area contributed by atoms with Crippen molar-refractivity contribution < 1.29 is 9.66 Å². The van der Waals surface area contributed by atoms with E-state index in [4.69, 9.17) is 4.74 Å². The van der Waals surface area contributed by atoms with Crippen LogP contribution < -0.4 is 4.74 Å². The minimum Gasteiger partial charge on any atom is -0.488 e. The Balaban J connectivity index is 1.65. The third-order valence-corrected chi connectivity index (χ3v) is 7.42. The van der Waals surface area contributed by atoms with Gasteiger partial charge in [-0.25, -0.2) is 0 Å². The molecule has 1 aliphatic rings. The Morgan fingerprint density at radius 2 is 1.71 bits per heavy atom. The number of hydrogen-bond acceptors (Lipinski definition) is 3. The monoisotopic (exact) mass is 572 g/mol. The molecule has 0 amide bonds. The molecule has 0 radical (unpaired) electrons. The highest BCUT2D eigenvalue weighted by Crippen LogP contribution is 2.46. The Labute approximate surface area is 215 Å². The Kier molecular flexibility index (Phi) is 5.33. The predicted molar refractivity (Wildman–Crippen MR) is 148 cm³/mol. The SMILES string of the molecule is Cc1ccc2c(c1)c1c3c(ccc1n2Cc1ccccc1)OCC(I)=C3c1ccc([N+](=O)[O-])cc1. The number of nitrogens with zero attached hydrogens (tertiary/aromatic N) is 2. The van der Waals surface area contributed by atoms with E-state index in [1.807, 2.05) is 18.2 Å². The van der Waals surface area contributed by atoms with E-state index < -0.39 is 0 Å². The van der Waals surface area contributed by atoms with Crippen molar-refractivity contribution in [3.63, 3.8) is 0 Å². The van der Waals surface area contributed by atoms with Gasteiger partial charge in [-0.3, -0.25) is 10.1 Å². The van der Waals surface area contributed by atoms with Crippen LogP contribution in [0.2, 0.25) is 0 Å². The Hall–Kier alpha value is -3.65. The molecule has 0 spiro atoms. The number of fused-ring (bicyclic) bond motifs is 5. The molecule has 35 heavy (non-hydrogen) atoms. The van der Waals surface area contributed by atoms with Crippen LogP contribution in [0.25, 0.3) is 27.4 Å². The van der Waals surface area contributed by atoms with E-state index in [1.54, 1.807) is 12.1 Å². The summed E-state index contributed by atoms with van der Waals surface area (Å²) in [7, 11) is 0. The molecular formula is C29H21IN2O3. The van der Waals surface area contributed by atoms with E-state index in [2.05, 4.69) is 88.7 Å². The molecule has 1 aromatic heterocycles. The van der Waals surface area contributed by atoms with Crippen LogP contribution in [0.1, 0.15) is 22.3 Å². The lowest BCUT2D eigenvalue weighted by Crippen LogP contribution is -2.09. The first-order valence-electron chi connectivity index (χ1n) is 11.4. The van der Waals surface area contributed by atoms with Crippen LogP contribution in [0.4, 0.5) is 5.69 Å². The molecule has 0 unspecified atom stereocenters. The van der Waals surface area contributed by atoms with Crippen LogP contribution in [0.3, 0.4) is 0 Å². The highest BCUT2D eigenvalue weighted by atomic mass is 127. The Morgan fingerprint density at radius 1 is 0.971 bits per heavy atom. The summed E-state index contributed by atoms with van der Waals surface area (Å²) in [6.45, 7) is 3.35. The maximum atomic E-state index is 11.2. The normalized spacial score (nSPS) is 13.2. The highest BCUT2D eigenvalue weighted by Gasteiger charge is 2.26. The molecule has 5 aromatic rings. The van der Waals surface area contributed by atoms with E-state index >= 15 is 0 Å². The number of non-ortho nitro benzene ring substituents is 1. The molecule has 2 heterocycles. The minimum atomic E-state index is -0.362. The summed E-state index contributed by atoms with van der Waals surface area (Å²) in [5.41, 5.74) is 7.91. The summed E-state index contributed by atoms with van der Waals surface area (Å²) in [4.78, 5) is 10.9. The molecule has 0 saturated carbocycles. The molecule has 0 bridgehead atoms. The van der Waals surface area contributed by atoms with Gasteiger partial charge in [0.2, 0.25) is 0 Å². The van der Waals surface area contributed by atoms with E-state index in [0.29, 0.717) is 6.61 Å². The number of hydrogen-bond donors (Lipinski definition) is 0. The molecule has 0 saturated heterocycles. The summed E-state index contributed by atoms with van der Waals surface area (Å²) in [5, 5.41) is 13.6. The van der Waals surface area contributed by atoms with Crippen molar-refractivity contribution >= 4 is 55.7 Å². The maximum Gasteiger partial charge on any atom is 0.269 e. The summed E-state index contributed by atoms with van der Waals surface area (Å²) < 4.78 is 9.63. The van der Waals surface area contributed by atoms with Gasteiger partial charge in [-0.2, -0.15) is 0 Å². The lowest BCUT2D eigenvalue weighted by molar-refractivity contribution is -0.384. The smallest absolute Gasteiger partial charge is 0.269 e. The quantitative estimate of drug-likeness (QED) is 0.126. The average Bonchev–Trinajstić information content (AvgIpc) is 3.17. The van der Waals surface area contributed by atoms with Crippen molar-refractivity contribution in [2.75, 3.05) is 6.61 Å². The van der Waals surface area contributed by atoms with Gasteiger partial charge in [-0.1, -0.05) is 42.0 Å². The predicted octanol–water partition coefficient (Wildman–Crippen LogP) is 7.65. The largest absolute Gasteiger partial charge is 0.488 e. The second-order valence-corrected chi connectivity index (χ2v) is 10.1. The summed E-state index contributed by atoms with van der Waals surface area (Å²) >= 11 is 2.34.